The molecule has 2 rings (SSSR count). The van der Waals surface area contributed by atoms with Gasteiger partial charge in [0.2, 0.25) is 0 Å². The number of carbonyl (C=O) groups is 2. The molecule has 4 nitrogen and oxygen atoms in total. The SMILES string of the molecule is Cc1cc(C)cc(C(=O)N[C@@H](Cc2ccc(I)cc2)C(=O)O)c1. The highest BCUT2D eigenvalue weighted by Crippen LogP contribution is 2.11. The van der Waals surface area contributed by atoms with E-state index < -0.39 is 12.0 Å². The average Bonchev–Trinajstić information content (AvgIpc) is 2.47. The predicted molar refractivity (Wildman–Crippen MR) is 97.7 cm³/mol. The van der Waals surface area contributed by atoms with E-state index in [9.17, 15) is 14.7 Å². The Labute approximate surface area is 149 Å². The second-order valence-electron chi connectivity index (χ2n) is 5.57. The molecule has 2 aromatic rings. The first-order chi connectivity index (χ1) is 10.8. The Morgan fingerprint density at radius 3 is 2.17 bits per heavy atom. The third-order valence-electron chi connectivity index (χ3n) is 3.44. The Kier molecular flexibility index (Phi) is 5.76. The number of aryl methyl sites for hydroxylation is 2. The van der Waals surface area contributed by atoms with Crippen LogP contribution in [0.1, 0.15) is 27.0 Å². The first-order valence-corrected chi connectivity index (χ1v) is 8.29. The van der Waals surface area contributed by atoms with Gasteiger partial charge in [-0.1, -0.05) is 29.3 Å². The summed E-state index contributed by atoms with van der Waals surface area (Å²) in [4.78, 5) is 23.8. The van der Waals surface area contributed by atoms with E-state index in [-0.39, 0.29) is 12.3 Å². The van der Waals surface area contributed by atoms with Crippen molar-refractivity contribution in [2.75, 3.05) is 0 Å². The number of carboxylic acid groups (broad SMARTS) is 1. The molecule has 2 aromatic carbocycles. The maximum absolute atomic E-state index is 12.3. The summed E-state index contributed by atoms with van der Waals surface area (Å²) >= 11 is 2.19. The van der Waals surface area contributed by atoms with Crippen LogP contribution in [0, 0.1) is 17.4 Å². The normalized spacial score (nSPS) is 11.8. The summed E-state index contributed by atoms with van der Waals surface area (Å²) in [6.45, 7) is 3.81. The molecular weight excluding hydrogens is 405 g/mol. The van der Waals surface area contributed by atoms with Gasteiger partial charge < -0.3 is 10.4 Å². The number of hydrogen-bond acceptors (Lipinski definition) is 2. The number of benzene rings is 2. The van der Waals surface area contributed by atoms with E-state index in [2.05, 4.69) is 27.9 Å². The summed E-state index contributed by atoms with van der Waals surface area (Å²) < 4.78 is 1.08. The summed E-state index contributed by atoms with van der Waals surface area (Å²) in [7, 11) is 0. The van der Waals surface area contributed by atoms with Crippen LogP contribution in [0.15, 0.2) is 42.5 Å². The first-order valence-electron chi connectivity index (χ1n) is 7.21. The summed E-state index contributed by atoms with van der Waals surface area (Å²) in [5, 5.41) is 12.0. The summed E-state index contributed by atoms with van der Waals surface area (Å²) in [5.74, 6) is -1.41. The van der Waals surface area contributed by atoms with Crippen molar-refractivity contribution in [1.29, 1.82) is 0 Å². The molecule has 0 aromatic heterocycles. The first kappa shape index (κ1) is 17.5. The molecule has 0 bridgehead atoms. The van der Waals surface area contributed by atoms with Gasteiger partial charge in [0.25, 0.3) is 5.91 Å². The molecule has 0 aliphatic carbocycles. The fraction of sp³-hybridized carbons (Fsp3) is 0.222. The lowest BCUT2D eigenvalue weighted by atomic mass is 10.0. The van der Waals surface area contributed by atoms with E-state index >= 15 is 0 Å². The molecule has 1 amide bonds. The molecule has 1 atom stereocenters. The van der Waals surface area contributed by atoms with Gasteiger partial charge in [-0.2, -0.15) is 0 Å². The molecule has 0 saturated heterocycles. The fourth-order valence-corrected chi connectivity index (χ4v) is 2.76. The van der Waals surface area contributed by atoms with Crippen LogP contribution < -0.4 is 5.32 Å². The number of rotatable bonds is 5. The largest absolute Gasteiger partial charge is 0.480 e. The highest BCUT2D eigenvalue weighted by molar-refractivity contribution is 14.1. The van der Waals surface area contributed by atoms with E-state index in [4.69, 9.17) is 0 Å². The van der Waals surface area contributed by atoms with Gasteiger partial charge in [-0.25, -0.2) is 4.79 Å². The third kappa shape index (κ3) is 5.06. The van der Waals surface area contributed by atoms with Crippen LogP contribution in [-0.2, 0) is 11.2 Å². The zero-order chi connectivity index (χ0) is 17.0. The monoisotopic (exact) mass is 423 g/mol. The number of hydrogen-bond donors (Lipinski definition) is 2. The van der Waals surface area contributed by atoms with Crippen molar-refractivity contribution in [2.24, 2.45) is 0 Å². The number of aliphatic carboxylic acids is 1. The number of carboxylic acids is 1. The van der Waals surface area contributed by atoms with Gasteiger partial charge in [-0.3, -0.25) is 4.79 Å². The summed E-state index contributed by atoms with van der Waals surface area (Å²) in [6.07, 6.45) is 0.253. The standard InChI is InChI=1S/C18H18INO3/c1-11-7-12(2)9-14(8-11)17(21)20-16(18(22)23)10-13-3-5-15(19)6-4-13/h3-9,16H,10H2,1-2H3,(H,20,21)(H,22,23)/t16-/m0/s1. The van der Waals surface area contributed by atoms with Crippen LogP contribution in [0.25, 0.3) is 0 Å². The third-order valence-corrected chi connectivity index (χ3v) is 4.16. The second kappa shape index (κ2) is 7.59. The molecule has 120 valence electrons. The molecular formula is C18H18INO3. The van der Waals surface area contributed by atoms with Crippen LogP contribution in [0.5, 0.6) is 0 Å². The smallest absolute Gasteiger partial charge is 0.326 e. The minimum atomic E-state index is -1.04. The van der Waals surface area contributed by atoms with Crippen molar-refractivity contribution in [1.82, 2.24) is 5.32 Å². The van der Waals surface area contributed by atoms with Crippen LogP contribution in [-0.4, -0.2) is 23.0 Å². The van der Waals surface area contributed by atoms with Crippen LogP contribution >= 0.6 is 22.6 Å². The number of nitrogens with one attached hydrogen (secondary N) is 1. The van der Waals surface area contributed by atoms with Crippen molar-refractivity contribution in [2.45, 2.75) is 26.3 Å². The van der Waals surface area contributed by atoms with Crippen molar-refractivity contribution < 1.29 is 14.7 Å². The zero-order valence-corrected chi connectivity index (χ0v) is 15.1. The predicted octanol–water partition coefficient (Wildman–Crippen LogP) is 3.33. The Morgan fingerprint density at radius 2 is 1.65 bits per heavy atom. The van der Waals surface area contributed by atoms with Crippen molar-refractivity contribution in [3.63, 3.8) is 0 Å². The minimum absolute atomic E-state index is 0.253. The van der Waals surface area contributed by atoms with Gasteiger partial charge in [0.1, 0.15) is 6.04 Å². The number of carbonyl (C=O) groups excluding carboxylic acids is 1. The van der Waals surface area contributed by atoms with Crippen molar-refractivity contribution >= 4 is 34.5 Å². The van der Waals surface area contributed by atoms with Gasteiger partial charge in [0, 0.05) is 15.6 Å². The van der Waals surface area contributed by atoms with Crippen LogP contribution in [0.2, 0.25) is 0 Å². The Hall–Kier alpha value is -1.89. The molecule has 23 heavy (non-hydrogen) atoms. The highest BCUT2D eigenvalue weighted by Gasteiger charge is 2.21. The molecule has 0 aliphatic heterocycles. The topological polar surface area (TPSA) is 66.4 Å². The minimum Gasteiger partial charge on any atom is -0.480 e. The van der Waals surface area contributed by atoms with Crippen LogP contribution in [0.3, 0.4) is 0 Å². The molecule has 0 spiro atoms. The van der Waals surface area contributed by atoms with Gasteiger partial charge in [0.15, 0.2) is 0 Å². The molecule has 0 fully saturated rings. The molecule has 0 unspecified atom stereocenters. The number of amides is 1. The lowest BCUT2D eigenvalue weighted by Gasteiger charge is -2.15. The van der Waals surface area contributed by atoms with E-state index in [1.54, 1.807) is 12.1 Å². The van der Waals surface area contributed by atoms with Crippen LogP contribution in [0.4, 0.5) is 0 Å². The van der Waals surface area contributed by atoms with Gasteiger partial charge in [-0.05, 0) is 66.3 Å². The maximum atomic E-state index is 12.3. The summed E-state index contributed by atoms with van der Waals surface area (Å²) in [5.41, 5.74) is 3.30. The van der Waals surface area contributed by atoms with Gasteiger partial charge in [-0.15, -0.1) is 0 Å². The Bertz CT molecular complexity index is 705. The maximum Gasteiger partial charge on any atom is 0.326 e. The average molecular weight is 423 g/mol. The van der Waals surface area contributed by atoms with E-state index in [0.717, 1.165) is 20.3 Å². The van der Waals surface area contributed by atoms with Gasteiger partial charge in [0.05, 0.1) is 0 Å². The highest BCUT2D eigenvalue weighted by atomic mass is 127. The number of halogens is 1. The lowest BCUT2D eigenvalue weighted by molar-refractivity contribution is -0.139. The molecule has 0 saturated carbocycles. The quantitative estimate of drug-likeness (QED) is 0.726. The summed E-state index contributed by atoms with van der Waals surface area (Å²) in [6, 6.07) is 12.1. The van der Waals surface area contributed by atoms with E-state index in [0.29, 0.717) is 5.56 Å². The second-order valence-corrected chi connectivity index (χ2v) is 6.82. The molecule has 2 N–H and O–H groups in total. The molecule has 5 heteroatoms. The van der Waals surface area contributed by atoms with Gasteiger partial charge >= 0.3 is 5.97 Å². The van der Waals surface area contributed by atoms with Crippen molar-refractivity contribution in [3.8, 4) is 0 Å². The van der Waals surface area contributed by atoms with E-state index in [1.165, 1.54) is 0 Å². The van der Waals surface area contributed by atoms with E-state index in [1.807, 2.05) is 44.2 Å². The Balaban J connectivity index is 2.14. The molecule has 0 aliphatic rings. The van der Waals surface area contributed by atoms with Crippen molar-refractivity contribution in [3.05, 3.63) is 68.3 Å². The fourth-order valence-electron chi connectivity index (χ4n) is 2.40. The Morgan fingerprint density at radius 1 is 1.09 bits per heavy atom. The lowest BCUT2D eigenvalue weighted by Crippen LogP contribution is -2.42. The zero-order valence-electron chi connectivity index (χ0n) is 13.0. The molecule has 0 heterocycles. The molecule has 0 radical (unpaired) electrons.